The largest absolute Gasteiger partial charge is 0.478 e. The normalized spacial score (nSPS) is 12.0. The van der Waals surface area contributed by atoms with Gasteiger partial charge in [0.15, 0.2) is 11.4 Å². The lowest BCUT2D eigenvalue weighted by Gasteiger charge is -2.15. The number of rotatable bonds is 7. The molecular formula is C29H27N5O3. The molecule has 0 bridgehead atoms. The first-order chi connectivity index (χ1) is 17.7. The number of aryl methyl sites for hydroxylation is 3. The number of ketones is 1. The van der Waals surface area contributed by atoms with Crippen LogP contribution in [0.3, 0.4) is 0 Å². The topological polar surface area (TPSA) is 112 Å². The maximum Gasteiger partial charge on any atom is 0.339 e. The molecule has 5 aromatic rings. The van der Waals surface area contributed by atoms with Crippen molar-refractivity contribution in [1.29, 1.82) is 0 Å². The molecule has 3 heterocycles. The van der Waals surface area contributed by atoms with Crippen molar-refractivity contribution in [3.63, 3.8) is 0 Å². The number of nitrogens with zero attached hydrogens (tertiary/aromatic N) is 3. The van der Waals surface area contributed by atoms with Gasteiger partial charge >= 0.3 is 5.97 Å². The Morgan fingerprint density at radius 3 is 2.38 bits per heavy atom. The van der Waals surface area contributed by atoms with Crippen molar-refractivity contribution < 1.29 is 14.7 Å². The second kappa shape index (κ2) is 9.39. The molecule has 0 aliphatic carbocycles. The minimum atomic E-state index is -1.08. The van der Waals surface area contributed by atoms with Crippen LogP contribution in [0.4, 0.5) is 5.82 Å². The van der Waals surface area contributed by atoms with Crippen LogP contribution >= 0.6 is 0 Å². The SMILES string of the molecule is Cc1ccc(C(=O)C(C)Nc2[nH]c(-c3ccc(-c4cc5nc(C)ccn5n4)cc3)cc2C(=O)O)c(C)c1. The van der Waals surface area contributed by atoms with E-state index in [-0.39, 0.29) is 11.3 Å². The number of hydrogen-bond donors (Lipinski definition) is 3. The van der Waals surface area contributed by atoms with E-state index in [2.05, 4.69) is 20.4 Å². The maximum atomic E-state index is 13.1. The first kappa shape index (κ1) is 24.0. The van der Waals surface area contributed by atoms with Gasteiger partial charge < -0.3 is 15.4 Å². The summed E-state index contributed by atoms with van der Waals surface area (Å²) in [5, 5.41) is 17.4. The van der Waals surface area contributed by atoms with E-state index in [9.17, 15) is 14.7 Å². The number of aromatic carboxylic acids is 1. The van der Waals surface area contributed by atoms with E-state index in [4.69, 9.17) is 0 Å². The first-order valence-corrected chi connectivity index (χ1v) is 12.0. The van der Waals surface area contributed by atoms with Gasteiger partial charge in [0, 0.05) is 34.8 Å². The number of aromatic amines is 1. The van der Waals surface area contributed by atoms with Crippen molar-refractivity contribution in [1.82, 2.24) is 19.6 Å². The number of Topliss-reactive ketones (excluding diaryl/α,β-unsaturated/α-hetero) is 1. The second-order valence-corrected chi connectivity index (χ2v) is 9.30. The van der Waals surface area contributed by atoms with Crippen LogP contribution in [-0.2, 0) is 0 Å². The fraction of sp³-hybridized carbons (Fsp3) is 0.172. The molecule has 0 fully saturated rings. The van der Waals surface area contributed by atoms with E-state index >= 15 is 0 Å². The molecule has 3 aromatic heterocycles. The van der Waals surface area contributed by atoms with Crippen molar-refractivity contribution in [3.8, 4) is 22.5 Å². The van der Waals surface area contributed by atoms with Crippen LogP contribution in [0.2, 0.25) is 0 Å². The summed E-state index contributed by atoms with van der Waals surface area (Å²) in [5.41, 5.74) is 7.50. The average Bonchev–Trinajstić information content (AvgIpc) is 3.48. The fourth-order valence-corrected chi connectivity index (χ4v) is 4.43. The van der Waals surface area contributed by atoms with Gasteiger partial charge in [-0.2, -0.15) is 5.10 Å². The summed E-state index contributed by atoms with van der Waals surface area (Å²) in [6, 6.07) is 18.1. The zero-order valence-electron chi connectivity index (χ0n) is 21.0. The van der Waals surface area contributed by atoms with Gasteiger partial charge in [0.2, 0.25) is 0 Å². The van der Waals surface area contributed by atoms with Crippen LogP contribution in [0.25, 0.3) is 28.2 Å². The lowest BCUT2D eigenvalue weighted by molar-refractivity contribution is 0.0697. The summed E-state index contributed by atoms with van der Waals surface area (Å²) in [4.78, 5) is 32.7. The van der Waals surface area contributed by atoms with Crippen LogP contribution in [-0.4, -0.2) is 42.5 Å². The van der Waals surface area contributed by atoms with Crippen molar-refractivity contribution in [2.45, 2.75) is 33.7 Å². The Labute approximate surface area is 214 Å². The Morgan fingerprint density at radius 1 is 0.946 bits per heavy atom. The zero-order valence-corrected chi connectivity index (χ0v) is 21.0. The quantitative estimate of drug-likeness (QED) is 0.251. The Balaban J connectivity index is 1.40. The molecule has 0 saturated carbocycles. The van der Waals surface area contributed by atoms with Gasteiger partial charge in [-0.1, -0.05) is 48.0 Å². The number of carbonyl (C=O) groups is 2. The number of carboxylic acid groups (broad SMARTS) is 1. The number of H-pyrrole nitrogens is 1. The lowest BCUT2D eigenvalue weighted by Crippen LogP contribution is -2.27. The molecule has 0 saturated heterocycles. The predicted molar refractivity (Wildman–Crippen MR) is 143 cm³/mol. The van der Waals surface area contributed by atoms with E-state index in [0.717, 1.165) is 39.3 Å². The number of fused-ring (bicyclic) bond motifs is 1. The van der Waals surface area contributed by atoms with Crippen LogP contribution in [0.1, 0.15) is 44.5 Å². The zero-order chi connectivity index (χ0) is 26.3. The van der Waals surface area contributed by atoms with E-state index < -0.39 is 12.0 Å². The Bertz CT molecular complexity index is 1650. The molecule has 2 aromatic carbocycles. The maximum absolute atomic E-state index is 13.1. The monoisotopic (exact) mass is 493 g/mol. The molecule has 0 aliphatic heterocycles. The van der Waals surface area contributed by atoms with Crippen LogP contribution < -0.4 is 5.32 Å². The predicted octanol–water partition coefficient (Wildman–Crippen LogP) is 5.70. The van der Waals surface area contributed by atoms with Crippen LogP contribution in [0.5, 0.6) is 0 Å². The summed E-state index contributed by atoms with van der Waals surface area (Å²) < 4.78 is 1.73. The number of hydrogen-bond acceptors (Lipinski definition) is 5. The third kappa shape index (κ3) is 4.73. The van der Waals surface area contributed by atoms with Gasteiger partial charge in [-0.05, 0) is 51.0 Å². The van der Waals surface area contributed by atoms with E-state index in [1.54, 1.807) is 17.5 Å². The Morgan fingerprint density at radius 2 is 1.68 bits per heavy atom. The second-order valence-electron chi connectivity index (χ2n) is 9.30. The van der Waals surface area contributed by atoms with Gasteiger partial charge in [-0.25, -0.2) is 14.3 Å². The third-order valence-electron chi connectivity index (χ3n) is 6.41. The van der Waals surface area contributed by atoms with Gasteiger partial charge in [-0.15, -0.1) is 0 Å². The average molecular weight is 494 g/mol. The highest BCUT2D eigenvalue weighted by molar-refractivity contribution is 6.03. The molecule has 3 N–H and O–H groups in total. The number of anilines is 1. The summed E-state index contributed by atoms with van der Waals surface area (Å²) in [7, 11) is 0. The lowest BCUT2D eigenvalue weighted by atomic mass is 9.98. The van der Waals surface area contributed by atoms with Gasteiger partial charge in [0.25, 0.3) is 0 Å². The molecule has 1 atom stereocenters. The van der Waals surface area contributed by atoms with Crippen molar-refractivity contribution in [2.24, 2.45) is 0 Å². The molecule has 186 valence electrons. The Kier molecular flexibility index (Phi) is 6.09. The first-order valence-electron chi connectivity index (χ1n) is 12.0. The summed E-state index contributed by atoms with van der Waals surface area (Å²) in [6.07, 6.45) is 1.88. The van der Waals surface area contributed by atoms with E-state index in [1.165, 1.54) is 0 Å². The smallest absolute Gasteiger partial charge is 0.339 e. The van der Waals surface area contributed by atoms with E-state index in [1.807, 2.05) is 81.6 Å². The number of carboxylic acids is 1. The molecule has 0 amide bonds. The van der Waals surface area contributed by atoms with Crippen molar-refractivity contribution in [2.75, 3.05) is 5.32 Å². The molecule has 0 spiro atoms. The third-order valence-corrected chi connectivity index (χ3v) is 6.41. The molecule has 8 heteroatoms. The minimum Gasteiger partial charge on any atom is -0.478 e. The number of benzene rings is 2. The van der Waals surface area contributed by atoms with Gasteiger partial charge in [0.1, 0.15) is 11.4 Å². The molecule has 1 unspecified atom stereocenters. The molecule has 8 nitrogen and oxygen atoms in total. The highest BCUT2D eigenvalue weighted by atomic mass is 16.4. The molecular weight excluding hydrogens is 466 g/mol. The van der Waals surface area contributed by atoms with Crippen molar-refractivity contribution in [3.05, 3.63) is 94.8 Å². The highest BCUT2D eigenvalue weighted by Crippen LogP contribution is 2.29. The van der Waals surface area contributed by atoms with E-state index in [0.29, 0.717) is 17.1 Å². The number of carbonyl (C=O) groups excluding carboxylic acids is 1. The Hall–Kier alpha value is -4.72. The summed E-state index contributed by atoms with van der Waals surface area (Å²) in [5.74, 6) is -0.897. The van der Waals surface area contributed by atoms with Gasteiger partial charge in [0.05, 0.1) is 11.7 Å². The fourth-order valence-electron chi connectivity index (χ4n) is 4.43. The summed E-state index contributed by atoms with van der Waals surface area (Å²) in [6.45, 7) is 7.54. The van der Waals surface area contributed by atoms with Crippen LogP contribution in [0, 0.1) is 20.8 Å². The molecule has 37 heavy (non-hydrogen) atoms. The molecule has 5 rings (SSSR count). The number of nitrogens with one attached hydrogen (secondary N) is 2. The number of aromatic nitrogens is 4. The minimum absolute atomic E-state index is 0.0705. The summed E-state index contributed by atoms with van der Waals surface area (Å²) >= 11 is 0. The standard InChI is InChI=1S/C29H27N5O3/c1-16-5-10-22(17(2)13-16)27(35)19(4)31-28-23(29(36)37)14-24(32-28)20-6-8-21(9-7-20)25-15-26-30-18(3)11-12-34(26)33-25/h5-15,19,31-32H,1-4H3,(H,36,37). The van der Waals surface area contributed by atoms with Crippen molar-refractivity contribution >= 4 is 23.2 Å². The molecule has 0 radical (unpaired) electrons. The van der Waals surface area contributed by atoms with Crippen LogP contribution in [0.15, 0.2) is 66.9 Å². The molecule has 0 aliphatic rings. The highest BCUT2D eigenvalue weighted by Gasteiger charge is 2.22. The van der Waals surface area contributed by atoms with Gasteiger partial charge in [-0.3, -0.25) is 4.79 Å².